The predicted molar refractivity (Wildman–Crippen MR) is 60.4 cm³/mol. The number of aliphatic hydroxyl groups is 1. The number of rotatable bonds is 2. The van der Waals surface area contributed by atoms with Crippen LogP contribution in [0.15, 0.2) is 12.7 Å². The van der Waals surface area contributed by atoms with Crippen molar-refractivity contribution in [2.24, 2.45) is 0 Å². The van der Waals surface area contributed by atoms with Crippen LogP contribution in [-0.4, -0.2) is 43.1 Å². The van der Waals surface area contributed by atoms with Gasteiger partial charge in [-0.1, -0.05) is 0 Å². The van der Waals surface area contributed by atoms with E-state index in [1.54, 1.807) is 4.57 Å². The van der Waals surface area contributed by atoms with Crippen molar-refractivity contribution in [2.45, 2.75) is 18.8 Å². The highest BCUT2D eigenvalue weighted by molar-refractivity contribution is 5.86. The van der Waals surface area contributed by atoms with Gasteiger partial charge in [0.2, 0.25) is 0 Å². The first-order valence-corrected chi connectivity index (χ1v) is 5.42. The Morgan fingerprint density at radius 2 is 2.33 bits per heavy atom. The molecule has 1 aliphatic rings. The number of nitrogens with zero attached hydrogens (tertiary/aromatic N) is 4. The van der Waals surface area contributed by atoms with Gasteiger partial charge in [0, 0.05) is 0 Å². The van der Waals surface area contributed by atoms with E-state index in [1.165, 1.54) is 12.7 Å². The molecule has 0 spiro atoms. The monoisotopic (exact) mass is 249 g/mol. The zero-order chi connectivity index (χ0) is 12.7. The molecule has 2 atom stereocenters. The largest absolute Gasteiger partial charge is 0.393 e. The maximum absolute atomic E-state index is 11.5. The van der Waals surface area contributed by atoms with Crippen LogP contribution in [0, 0.1) is 0 Å². The van der Waals surface area contributed by atoms with E-state index < -0.39 is 12.3 Å². The molecule has 0 aromatic carbocycles. The smallest absolute Gasteiger partial charge is 0.168 e. The van der Waals surface area contributed by atoms with Crippen LogP contribution in [0.4, 0.5) is 5.82 Å². The molecule has 0 bridgehead atoms. The number of carbonyl (C=O) groups excluding carboxylic acids is 1. The fourth-order valence-electron chi connectivity index (χ4n) is 2.01. The first-order chi connectivity index (χ1) is 8.70. The van der Waals surface area contributed by atoms with Gasteiger partial charge in [0.05, 0.1) is 19.4 Å². The van der Waals surface area contributed by atoms with Crippen molar-refractivity contribution in [2.75, 3.05) is 12.3 Å². The van der Waals surface area contributed by atoms with Crippen molar-refractivity contribution in [3.05, 3.63) is 12.7 Å². The minimum absolute atomic E-state index is 0.133. The van der Waals surface area contributed by atoms with E-state index >= 15 is 0 Å². The Bertz CT molecular complexity index is 611. The molecule has 8 nitrogen and oxygen atoms in total. The van der Waals surface area contributed by atoms with E-state index in [4.69, 9.17) is 15.6 Å². The molecule has 8 heteroatoms. The molecule has 3 heterocycles. The molecule has 18 heavy (non-hydrogen) atoms. The number of hydrogen-bond donors (Lipinski definition) is 2. The Hall–Kier alpha value is -2.06. The third kappa shape index (κ3) is 1.54. The van der Waals surface area contributed by atoms with Crippen LogP contribution < -0.4 is 5.73 Å². The van der Waals surface area contributed by atoms with E-state index in [0.29, 0.717) is 11.2 Å². The summed E-state index contributed by atoms with van der Waals surface area (Å²) < 4.78 is 7.06. The Labute approximate surface area is 101 Å². The number of aliphatic hydroxyl groups excluding tert-OH is 1. The second-order valence-corrected chi connectivity index (χ2v) is 4.02. The van der Waals surface area contributed by atoms with Crippen LogP contribution in [0.2, 0.25) is 0 Å². The van der Waals surface area contributed by atoms with Crippen molar-refractivity contribution >= 4 is 22.8 Å². The molecular formula is C10H11N5O3. The highest BCUT2D eigenvalue weighted by Gasteiger charge is 2.34. The zero-order valence-corrected chi connectivity index (χ0v) is 9.35. The number of nitrogens with two attached hydrogens (primary N) is 1. The van der Waals surface area contributed by atoms with Crippen LogP contribution in [0.3, 0.4) is 0 Å². The van der Waals surface area contributed by atoms with E-state index in [2.05, 4.69) is 15.0 Å². The standard InChI is InChI=1S/C10H11N5O3/c11-9-8-10(13-3-12-9)15(4-14-8)7-1-5(17)6(2-16)18-7/h3-4,6-7,16H,1-2H2,(H2,11,12,13). The Kier molecular flexibility index (Phi) is 2.46. The molecule has 0 saturated carbocycles. The van der Waals surface area contributed by atoms with Crippen molar-refractivity contribution in [3.8, 4) is 0 Å². The third-order valence-corrected chi connectivity index (χ3v) is 2.92. The summed E-state index contributed by atoms with van der Waals surface area (Å²) in [5.74, 6) is 0.146. The molecule has 2 aromatic heterocycles. The van der Waals surface area contributed by atoms with Gasteiger partial charge in [-0.15, -0.1) is 0 Å². The number of Topliss-reactive ketones (excluding diaryl/α,β-unsaturated/α-hetero) is 1. The van der Waals surface area contributed by atoms with Crippen LogP contribution in [0.5, 0.6) is 0 Å². The lowest BCUT2D eigenvalue weighted by Gasteiger charge is -2.12. The quantitative estimate of drug-likeness (QED) is 0.719. The average Bonchev–Trinajstić information content (AvgIpc) is 2.93. The Morgan fingerprint density at radius 1 is 1.50 bits per heavy atom. The topological polar surface area (TPSA) is 116 Å². The number of imidazole rings is 1. The molecule has 1 aliphatic heterocycles. The lowest BCUT2D eigenvalue weighted by atomic mass is 10.2. The number of carbonyl (C=O) groups is 1. The van der Waals surface area contributed by atoms with Gasteiger partial charge in [-0.05, 0) is 0 Å². The molecular weight excluding hydrogens is 238 g/mol. The Balaban J connectivity index is 2.01. The van der Waals surface area contributed by atoms with Crippen molar-refractivity contribution < 1.29 is 14.6 Å². The van der Waals surface area contributed by atoms with Gasteiger partial charge < -0.3 is 15.6 Å². The van der Waals surface area contributed by atoms with Gasteiger partial charge in [-0.2, -0.15) is 0 Å². The predicted octanol–water partition coefficient (Wildman–Crippen LogP) is -0.743. The number of fused-ring (bicyclic) bond motifs is 1. The molecule has 0 amide bonds. The number of hydrogen-bond acceptors (Lipinski definition) is 7. The number of nitrogen functional groups attached to an aromatic ring is 1. The maximum Gasteiger partial charge on any atom is 0.168 e. The van der Waals surface area contributed by atoms with E-state index in [-0.39, 0.29) is 24.6 Å². The summed E-state index contributed by atoms with van der Waals surface area (Å²) in [6, 6.07) is 0. The van der Waals surface area contributed by atoms with Crippen LogP contribution in [0.1, 0.15) is 12.6 Å². The number of ketones is 1. The first kappa shape index (κ1) is 11.1. The van der Waals surface area contributed by atoms with E-state index in [9.17, 15) is 4.79 Å². The Morgan fingerprint density at radius 3 is 3.06 bits per heavy atom. The van der Waals surface area contributed by atoms with E-state index in [0.717, 1.165) is 0 Å². The highest BCUT2D eigenvalue weighted by Crippen LogP contribution is 2.28. The number of aromatic nitrogens is 4. The van der Waals surface area contributed by atoms with Gasteiger partial charge in [-0.3, -0.25) is 9.36 Å². The second kappa shape index (κ2) is 4.00. The molecule has 0 radical (unpaired) electrons. The summed E-state index contributed by atoms with van der Waals surface area (Å²) in [7, 11) is 0. The lowest BCUT2D eigenvalue weighted by molar-refractivity contribution is -0.124. The molecule has 3 rings (SSSR count). The molecule has 94 valence electrons. The van der Waals surface area contributed by atoms with Crippen LogP contribution >= 0.6 is 0 Å². The minimum atomic E-state index is -0.772. The van der Waals surface area contributed by atoms with Gasteiger partial charge in [0.1, 0.15) is 24.2 Å². The number of anilines is 1. The fraction of sp³-hybridized carbons (Fsp3) is 0.400. The second-order valence-electron chi connectivity index (χ2n) is 4.02. The third-order valence-electron chi connectivity index (χ3n) is 2.92. The van der Waals surface area contributed by atoms with Gasteiger partial charge >= 0.3 is 0 Å². The van der Waals surface area contributed by atoms with Crippen molar-refractivity contribution in [1.82, 2.24) is 19.5 Å². The molecule has 3 N–H and O–H groups in total. The van der Waals surface area contributed by atoms with Crippen LogP contribution in [-0.2, 0) is 9.53 Å². The first-order valence-electron chi connectivity index (χ1n) is 5.42. The summed E-state index contributed by atoms with van der Waals surface area (Å²) in [4.78, 5) is 23.6. The van der Waals surface area contributed by atoms with E-state index in [1.807, 2.05) is 0 Å². The molecule has 0 aliphatic carbocycles. The van der Waals surface area contributed by atoms with Gasteiger partial charge in [-0.25, -0.2) is 15.0 Å². The zero-order valence-electron chi connectivity index (χ0n) is 9.35. The van der Waals surface area contributed by atoms with Gasteiger partial charge in [0.25, 0.3) is 0 Å². The van der Waals surface area contributed by atoms with Gasteiger partial charge in [0.15, 0.2) is 17.2 Å². The van der Waals surface area contributed by atoms with Crippen molar-refractivity contribution in [3.63, 3.8) is 0 Å². The number of ether oxygens (including phenoxy) is 1. The summed E-state index contributed by atoms with van der Waals surface area (Å²) in [5.41, 5.74) is 6.66. The summed E-state index contributed by atoms with van der Waals surface area (Å²) >= 11 is 0. The SMILES string of the molecule is Nc1ncnc2c1ncn2C1CC(=O)C(CO)O1. The molecule has 1 fully saturated rings. The lowest BCUT2D eigenvalue weighted by Crippen LogP contribution is -2.20. The summed E-state index contributed by atoms with van der Waals surface area (Å²) in [6.07, 6.45) is 1.74. The van der Waals surface area contributed by atoms with Crippen LogP contribution in [0.25, 0.3) is 11.2 Å². The normalized spacial score (nSPS) is 23.9. The maximum atomic E-state index is 11.5. The molecule has 2 aromatic rings. The minimum Gasteiger partial charge on any atom is -0.393 e. The van der Waals surface area contributed by atoms with Crippen molar-refractivity contribution in [1.29, 1.82) is 0 Å². The highest BCUT2D eigenvalue weighted by atomic mass is 16.5. The molecule has 2 unspecified atom stereocenters. The summed E-state index contributed by atoms with van der Waals surface area (Å²) in [5, 5.41) is 8.99. The fourth-order valence-corrected chi connectivity index (χ4v) is 2.01. The average molecular weight is 249 g/mol. The summed E-state index contributed by atoms with van der Waals surface area (Å²) in [6.45, 7) is -0.320. The molecule has 1 saturated heterocycles.